The molecule has 1 fully saturated rings. The number of carbonyl (C=O) groups is 1. The first-order valence-corrected chi connectivity index (χ1v) is 3.02. The van der Waals surface area contributed by atoms with Crippen LogP contribution in [0.5, 0.6) is 0 Å². The maximum atomic E-state index is 10.5. The normalized spacial score (nSPS) is 20.5. The van der Waals surface area contributed by atoms with E-state index in [-0.39, 0.29) is 5.91 Å². The molecule has 0 spiro atoms. The molecule has 3 heteroatoms. The molecular formula is C5H7NOS. The molecule has 0 aromatic heterocycles. The van der Waals surface area contributed by atoms with Gasteiger partial charge in [0.1, 0.15) is 0 Å². The van der Waals surface area contributed by atoms with Crippen LogP contribution in [0.15, 0.2) is 0 Å². The monoisotopic (exact) mass is 129 g/mol. The van der Waals surface area contributed by atoms with E-state index in [1.54, 1.807) is 0 Å². The predicted octanol–water partition coefficient (Wildman–Crippen LogP) is 0.614. The van der Waals surface area contributed by atoms with Gasteiger partial charge in [-0.15, -0.1) is 0 Å². The Hall–Kier alpha value is -0.440. The Morgan fingerprint density at radius 1 is 1.50 bits per heavy atom. The molecule has 0 aromatic carbocycles. The summed E-state index contributed by atoms with van der Waals surface area (Å²) in [7, 11) is 0. The lowest BCUT2D eigenvalue weighted by molar-refractivity contribution is -0.120. The van der Waals surface area contributed by atoms with Crippen molar-refractivity contribution in [3.8, 4) is 0 Å². The van der Waals surface area contributed by atoms with Crippen molar-refractivity contribution in [3.63, 3.8) is 0 Å². The molecule has 1 saturated heterocycles. The molecule has 0 radical (unpaired) electrons. The van der Waals surface area contributed by atoms with Gasteiger partial charge in [0.15, 0.2) is 0 Å². The standard InChI is InChI=1S/C5H7NOS/c7-4-2-1-3-5(8)6-4/h1-3H2,(H,6,7,8). The van der Waals surface area contributed by atoms with Gasteiger partial charge in [0.2, 0.25) is 5.91 Å². The van der Waals surface area contributed by atoms with E-state index in [4.69, 9.17) is 12.2 Å². The highest BCUT2D eigenvalue weighted by molar-refractivity contribution is 7.80. The number of hydrogen-bond donors (Lipinski definition) is 1. The summed E-state index contributed by atoms with van der Waals surface area (Å²) in [5.41, 5.74) is 0. The zero-order valence-electron chi connectivity index (χ0n) is 4.44. The number of thiocarbonyl (C=S) groups is 1. The summed E-state index contributed by atoms with van der Waals surface area (Å²) in [6.45, 7) is 0. The molecule has 44 valence electrons. The average molecular weight is 129 g/mol. The van der Waals surface area contributed by atoms with Crippen molar-refractivity contribution in [2.75, 3.05) is 0 Å². The zero-order chi connectivity index (χ0) is 5.98. The van der Waals surface area contributed by atoms with Crippen LogP contribution in [0.1, 0.15) is 19.3 Å². The molecule has 1 rings (SSSR count). The topological polar surface area (TPSA) is 29.1 Å². The van der Waals surface area contributed by atoms with E-state index >= 15 is 0 Å². The van der Waals surface area contributed by atoms with E-state index in [1.165, 1.54) is 0 Å². The second kappa shape index (κ2) is 2.22. The first-order chi connectivity index (χ1) is 3.79. The third-order valence-corrected chi connectivity index (χ3v) is 1.39. The molecular weight excluding hydrogens is 122 g/mol. The molecule has 0 saturated carbocycles. The second-order valence-electron chi connectivity index (χ2n) is 1.82. The lowest BCUT2D eigenvalue weighted by Crippen LogP contribution is -2.32. The van der Waals surface area contributed by atoms with Crippen molar-refractivity contribution >= 4 is 23.1 Å². The van der Waals surface area contributed by atoms with Crippen LogP contribution in [0.3, 0.4) is 0 Å². The quantitative estimate of drug-likeness (QED) is 0.486. The molecule has 0 bridgehead atoms. The van der Waals surface area contributed by atoms with Gasteiger partial charge in [-0.2, -0.15) is 0 Å². The Balaban J connectivity index is 2.45. The Bertz CT molecular complexity index is 118. The van der Waals surface area contributed by atoms with Crippen molar-refractivity contribution in [1.82, 2.24) is 5.32 Å². The van der Waals surface area contributed by atoms with Gasteiger partial charge >= 0.3 is 0 Å². The molecule has 0 aromatic rings. The fourth-order valence-electron chi connectivity index (χ4n) is 0.690. The highest BCUT2D eigenvalue weighted by atomic mass is 32.1. The summed E-state index contributed by atoms with van der Waals surface area (Å²) in [5.74, 6) is 0.0706. The minimum absolute atomic E-state index is 0.0706. The van der Waals surface area contributed by atoms with E-state index in [1.807, 2.05) is 0 Å². The summed E-state index contributed by atoms with van der Waals surface area (Å²) in [6, 6.07) is 0. The minimum atomic E-state index is 0.0706. The first-order valence-electron chi connectivity index (χ1n) is 2.62. The molecule has 1 N–H and O–H groups in total. The number of amides is 1. The van der Waals surface area contributed by atoms with E-state index in [2.05, 4.69) is 5.32 Å². The van der Waals surface area contributed by atoms with Crippen molar-refractivity contribution in [3.05, 3.63) is 0 Å². The predicted molar refractivity (Wildman–Crippen MR) is 34.6 cm³/mol. The molecule has 2 nitrogen and oxygen atoms in total. The number of piperidine rings is 1. The Morgan fingerprint density at radius 2 is 2.25 bits per heavy atom. The van der Waals surface area contributed by atoms with Crippen LogP contribution in [-0.4, -0.2) is 10.9 Å². The summed E-state index contributed by atoms with van der Waals surface area (Å²) in [5, 5.41) is 2.57. The fourth-order valence-corrected chi connectivity index (χ4v) is 0.948. The molecule has 1 aliphatic rings. The van der Waals surface area contributed by atoms with Gasteiger partial charge in [0.05, 0.1) is 4.99 Å². The third-order valence-electron chi connectivity index (χ3n) is 1.09. The molecule has 1 heterocycles. The first kappa shape index (κ1) is 5.69. The summed E-state index contributed by atoms with van der Waals surface area (Å²) < 4.78 is 0. The highest BCUT2D eigenvalue weighted by Crippen LogP contribution is 2.02. The number of nitrogens with one attached hydrogen (secondary N) is 1. The Kier molecular flexibility index (Phi) is 1.58. The van der Waals surface area contributed by atoms with Crippen LogP contribution >= 0.6 is 12.2 Å². The number of hydrogen-bond acceptors (Lipinski definition) is 2. The van der Waals surface area contributed by atoms with Crippen molar-refractivity contribution in [1.29, 1.82) is 0 Å². The molecule has 1 amide bonds. The van der Waals surface area contributed by atoms with E-state index in [9.17, 15) is 4.79 Å². The maximum absolute atomic E-state index is 10.5. The van der Waals surface area contributed by atoms with Gasteiger partial charge in [0, 0.05) is 6.42 Å². The lowest BCUT2D eigenvalue weighted by atomic mass is 10.2. The van der Waals surface area contributed by atoms with Crippen molar-refractivity contribution in [2.24, 2.45) is 0 Å². The molecule has 1 aliphatic heterocycles. The van der Waals surface area contributed by atoms with Gasteiger partial charge in [-0.25, -0.2) is 0 Å². The molecule has 0 aliphatic carbocycles. The van der Waals surface area contributed by atoms with Crippen molar-refractivity contribution < 1.29 is 4.79 Å². The van der Waals surface area contributed by atoms with Gasteiger partial charge in [0.25, 0.3) is 0 Å². The fraction of sp³-hybridized carbons (Fsp3) is 0.600. The van der Waals surface area contributed by atoms with Gasteiger partial charge in [-0.3, -0.25) is 4.79 Å². The summed E-state index contributed by atoms with van der Waals surface area (Å²) >= 11 is 4.75. The zero-order valence-corrected chi connectivity index (χ0v) is 5.25. The summed E-state index contributed by atoms with van der Waals surface area (Å²) in [6.07, 6.45) is 2.44. The second-order valence-corrected chi connectivity index (χ2v) is 2.32. The van der Waals surface area contributed by atoms with Crippen LogP contribution in [-0.2, 0) is 4.79 Å². The average Bonchev–Trinajstić information content (AvgIpc) is 1.64. The van der Waals surface area contributed by atoms with Crippen LogP contribution in [0.25, 0.3) is 0 Å². The third kappa shape index (κ3) is 1.26. The van der Waals surface area contributed by atoms with Crippen LogP contribution in [0.2, 0.25) is 0 Å². The minimum Gasteiger partial charge on any atom is -0.320 e. The van der Waals surface area contributed by atoms with Crippen LogP contribution < -0.4 is 5.32 Å². The highest BCUT2D eigenvalue weighted by Gasteiger charge is 2.09. The number of rotatable bonds is 0. The largest absolute Gasteiger partial charge is 0.320 e. The number of carbonyl (C=O) groups excluding carboxylic acids is 1. The smallest absolute Gasteiger partial charge is 0.224 e. The maximum Gasteiger partial charge on any atom is 0.224 e. The van der Waals surface area contributed by atoms with E-state index < -0.39 is 0 Å². The van der Waals surface area contributed by atoms with Crippen LogP contribution in [0.4, 0.5) is 0 Å². The van der Waals surface area contributed by atoms with Gasteiger partial charge in [-0.05, 0) is 12.8 Å². The molecule has 0 unspecified atom stereocenters. The Morgan fingerprint density at radius 3 is 2.62 bits per heavy atom. The van der Waals surface area contributed by atoms with E-state index in [0.29, 0.717) is 11.4 Å². The van der Waals surface area contributed by atoms with Crippen molar-refractivity contribution in [2.45, 2.75) is 19.3 Å². The summed E-state index contributed by atoms with van der Waals surface area (Å²) in [4.78, 5) is 11.2. The van der Waals surface area contributed by atoms with E-state index in [0.717, 1.165) is 12.8 Å². The van der Waals surface area contributed by atoms with Crippen LogP contribution in [0, 0.1) is 0 Å². The molecule has 8 heavy (non-hydrogen) atoms. The lowest BCUT2D eigenvalue weighted by Gasteiger charge is -2.10. The van der Waals surface area contributed by atoms with Gasteiger partial charge < -0.3 is 5.32 Å². The van der Waals surface area contributed by atoms with Gasteiger partial charge in [-0.1, -0.05) is 12.2 Å². The molecule has 0 atom stereocenters. The Labute approximate surface area is 53.3 Å². The SMILES string of the molecule is O=C1CCCC(=S)N1.